The second-order valence-electron chi connectivity index (χ2n) is 7.30. The molecule has 0 aliphatic carbocycles. The first kappa shape index (κ1) is 18.4. The highest BCUT2D eigenvalue weighted by Gasteiger charge is 2.19. The van der Waals surface area contributed by atoms with Crippen molar-refractivity contribution < 1.29 is 9.90 Å². The average Bonchev–Trinajstić information content (AvgIpc) is 2.73. The monoisotopic (exact) mass is 376 g/mol. The summed E-state index contributed by atoms with van der Waals surface area (Å²) in [7, 11) is 1.77. The van der Waals surface area contributed by atoms with E-state index in [1.165, 1.54) is 0 Å². The third-order valence-electron chi connectivity index (χ3n) is 5.12. The minimum Gasteiger partial charge on any atom is -0.391 e. The summed E-state index contributed by atoms with van der Waals surface area (Å²) < 4.78 is 0. The Kier molecular flexibility index (Phi) is 5.21. The molecule has 0 unspecified atom stereocenters. The Balaban J connectivity index is 1.44. The standard InChI is InChI=1S/C22H24N4O2/c1-25(14-18-10-8-16-5-2-3-7-20(16)24-18)22(28)17-9-11-21(23-13-17)26-12-4-6-19(27)15-26/h2-3,5,7-11,13,19,27H,4,6,12,14-15H2,1H3/t19-/m0/s1. The second-order valence-corrected chi connectivity index (χ2v) is 7.30. The summed E-state index contributed by atoms with van der Waals surface area (Å²) in [5.41, 5.74) is 2.32. The van der Waals surface area contributed by atoms with Crippen LogP contribution in [0.25, 0.3) is 10.9 Å². The van der Waals surface area contributed by atoms with Crippen LogP contribution in [0.3, 0.4) is 0 Å². The molecule has 0 spiro atoms. The number of benzene rings is 1. The number of piperidine rings is 1. The van der Waals surface area contributed by atoms with E-state index in [9.17, 15) is 9.90 Å². The lowest BCUT2D eigenvalue weighted by Crippen LogP contribution is -2.38. The van der Waals surface area contributed by atoms with Crippen molar-refractivity contribution in [2.75, 3.05) is 25.0 Å². The van der Waals surface area contributed by atoms with Gasteiger partial charge in [0, 0.05) is 31.7 Å². The Morgan fingerprint density at radius 3 is 2.86 bits per heavy atom. The molecule has 2 aromatic heterocycles. The summed E-state index contributed by atoms with van der Waals surface area (Å²) in [4.78, 5) is 25.5. The first-order chi connectivity index (χ1) is 13.6. The van der Waals surface area contributed by atoms with E-state index in [0.717, 1.165) is 41.8 Å². The third kappa shape index (κ3) is 3.97. The van der Waals surface area contributed by atoms with Gasteiger partial charge in [-0.25, -0.2) is 4.98 Å². The first-order valence-corrected chi connectivity index (χ1v) is 9.59. The number of fused-ring (bicyclic) bond motifs is 1. The van der Waals surface area contributed by atoms with Gasteiger partial charge in [0.1, 0.15) is 5.82 Å². The molecule has 28 heavy (non-hydrogen) atoms. The van der Waals surface area contributed by atoms with E-state index in [1.54, 1.807) is 24.2 Å². The largest absolute Gasteiger partial charge is 0.391 e. The molecule has 6 heteroatoms. The van der Waals surface area contributed by atoms with Crippen molar-refractivity contribution in [3.63, 3.8) is 0 Å². The highest BCUT2D eigenvalue weighted by atomic mass is 16.3. The van der Waals surface area contributed by atoms with Crippen LogP contribution < -0.4 is 4.90 Å². The molecule has 1 N–H and O–H groups in total. The molecular formula is C22H24N4O2. The zero-order chi connectivity index (χ0) is 19.5. The predicted molar refractivity (Wildman–Crippen MR) is 109 cm³/mol. The topological polar surface area (TPSA) is 69.6 Å². The quantitative estimate of drug-likeness (QED) is 0.758. The lowest BCUT2D eigenvalue weighted by atomic mass is 10.1. The number of rotatable bonds is 4. The number of carbonyl (C=O) groups is 1. The van der Waals surface area contributed by atoms with E-state index in [-0.39, 0.29) is 12.0 Å². The van der Waals surface area contributed by atoms with Gasteiger partial charge in [-0.15, -0.1) is 0 Å². The minimum atomic E-state index is -0.308. The van der Waals surface area contributed by atoms with Crippen LogP contribution in [0, 0.1) is 0 Å². The number of carbonyl (C=O) groups excluding carboxylic acids is 1. The van der Waals surface area contributed by atoms with Crippen LogP contribution in [-0.2, 0) is 6.54 Å². The molecule has 1 aliphatic heterocycles. The van der Waals surface area contributed by atoms with Crippen molar-refractivity contribution >= 4 is 22.6 Å². The minimum absolute atomic E-state index is 0.0901. The zero-order valence-electron chi connectivity index (χ0n) is 16.0. The SMILES string of the molecule is CN(Cc1ccc2ccccc2n1)C(=O)c1ccc(N2CCC[C@H](O)C2)nc1. The van der Waals surface area contributed by atoms with Gasteiger partial charge in [-0.2, -0.15) is 0 Å². The van der Waals surface area contributed by atoms with Gasteiger partial charge in [0.05, 0.1) is 29.4 Å². The number of hydrogen-bond acceptors (Lipinski definition) is 5. The molecule has 0 saturated carbocycles. The Bertz CT molecular complexity index is 974. The average molecular weight is 376 g/mol. The van der Waals surface area contributed by atoms with Crippen molar-refractivity contribution in [3.05, 3.63) is 66.0 Å². The smallest absolute Gasteiger partial charge is 0.255 e. The second kappa shape index (κ2) is 7.94. The third-order valence-corrected chi connectivity index (χ3v) is 5.12. The van der Waals surface area contributed by atoms with E-state index < -0.39 is 0 Å². The van der Waals surface area contributed by atoms with Gasteiger partial charge in [-0.3, -0.25) is 9.78 Å². The van der Waals surface area contributed by atoms with Gasteiger partial charge in [0.25, 0.3) is 5.91 Å². The van der Waals surface area contributed by atoms with Crippen LogP contribution in [0.5, 0.6) is 0 Å². The fraction of sp³-hybridized carbons (Fsp3) is 0.318. The fourth-order valence-electron chi connectivity index (χ4n) is 3.59. The lowest BCUT2D eigenvalue weighted by Gasteiger charge is -2.31. The Labute approximate surface area is 164 Å². The summed E-state index contributed by atoms with van der Waals surface area (Å²) in [6.45, 7) is 1.91. The van der Waals surface area contributed by atoms with Crippen molar-refractivity contribution in [2.24, 2.45) is 0 Å². The highest BCUT2D eigenvalue weighted by molar-refractivity contribution is 5.94. The Morgan fingerprint density at radius 1 is 1.21 bits per heavy atom. The van der Waals surface area contributed by atoms with Gasteiger partial charge < -0.3 is 14.9 Å². The number of anilines is 1. The Hall–Kier alpha value is -2.99. The maximum Gasteiger partial charge on any atom is 0.255 e. The van der Waals surface area contributed by atoms with Crippen molar-refractivity contribution in [2.45, 2.75) is 25.5 Å². The number of aliphatic hydroxyl groups is 1. The number of amides is 1. The maximum absolute atomic E-state index is 12.8. The molecule has 3 aromatic rings. The van der Waals surface area contributed by atoms with Crippen LogP contribution in [0.2, 0.25) is 0 Å². The van der Waals surface area contributed by atoms with Crippen LogP contribution in [0.1, 0.15) is 28.9 Å². The first-order valence-electron chi connectivity index (χ1n) is 9.59. The lowest BCUT2D eigenvalue weighted by molar-refractivity contribution is 0.0783. The van der Waals surface area contributed by atoms with Gasteiger partial charge in [-0.1, -0.05) is 24.3 Å². The van der Waals surface area contributed by atoms with Crippen molar-refractivity contribution in [1.29, 1.82) is 0 Å². The van der Waals surface area contributed by atoms with Crippen LogP contribution in [0.4, 0.5) is 5.82 Å². The predicted octanol–water partition coefficient (Wildman–Crippen LogP) is 2.86. The molecule has 4 rings (SSSR count). The van der Waals surface area contributed by atoms with E-state index in [4.69, 9.17) is 0 Å². The van der Waals surface area contributed by atoms with Gasteiger partial charge in [0.2, 0.25) is 0 Å². The van der Waals surface area contributed by atoms with E-state index >= 15 is 0 Å². The summed E-state index contributed by atoms with van der Waals surface area (Å²) in [6.07, 6.45) is 3.09. The van der Waals surface area contributed by atoms with Crippen molar-refractivity contribution in [3.8, 4) is 0 Å². The van der Waals surface area contributed by atoms with E-state index in [1.807, 2.05) is 42.5 Å². The van der Waals surface area contributed by atoms with E-state index in [0.29, 0.717) is 18.7 Å². The normalized spacial score (nSPS) is 16.9. The molecule has 1 atom stereocenters. The van der Waals surface area contributed by atoms with Crippen LogP contribution >= 0.6 is 0 Å². The molecular weight excluding hydrogens is 352 g/mol. The molecule has 0 bridgehead atoms. The van der Waals surface area contributed by atoms with Crippen LogP contribution in [-0.4, -0.2) is 52.1 Å². The number of hydrogen-bond donors (Lipinski definition) is 1. The maximum atomic E-state index is 12.8. The summed E-state index contributed by atoms with van der Waals surface area (Å²) >= 11 is 0. The number of para-hydroxylation sites is 1. The number of aromatic nitrogens is 2. The molecule has 1 aliphatic rings. The van der Waals surface area contributed by atoms with Crippen molar-refractivity contribution in [1.82, 2.24) is 14.9 Å². The molecule has 6 nitrogen and oxygen atoms in total. The number of pyridine rings is 2. The molecule has 1 aromatic carbocycles. The Morgan fingerprint density at radius 2 is 2.07 bits per heavy atom. The van der Waals surface area contributed by atoms with Gasteiger partial charge >= 0.3 is 0 Å². The molecule has 3 heterocycles. The molecule has 1 amide bonds. The van der Waals surface area contributed by atoms with Gasteiger partial charge in [0.15, 0.2) is 0 Å². The molecule has 144 valence electrons. The summed E-state index contributed by atoms with van der Waals surface area (Å²) in [5, 5.41) is 10.9. The molecule has 0 radical (unpaired) electrons. The number of nitrogens with zero attached hydrogens (tertiary/aromatic N) is 4. The van der Waals surface area contributed by atoms with E-state index in [2.05, 4.69) is 14.9 Å². The molecule has 1 saturated heterocycles. The molecule has 1 fully saturated rings. The zero-order valence-corrected chi connectivity index (χ0v) is 16.0. The highest BCUT2D eigenvalue weighted by Crippen LogP contribution is 2.19. The summed E-state index contributed by atoms with van der Waals surface area (Å²) in [5.74, 6) is 0.710. The number of β-amino-alcohol motifs (C(OH)–C–C–N with tert-alkyl or cyclic N) is 1. The van der Waals surface area contributed by atoms with Gasteiger partial charge in [-0.05, 0) is 37.1 Å². The van der Waals surface area contributed by atoms with Crippen LogP contribution in [0.15, 0.2) is 54.7 Å². The summed E-state index contributed by atoms with van der Waals surface area (Å²) in [6, 6.07) is 15.6. The number of aliphatic hydroxyl groups excluding tert-OH is 1. The fourth-order valence-corrected chi connectivity index (χ4v) is 3.59.